The SMILES string of the molecule is [CH]=Cc1cc[c]c(OC)c1OC. The monoisotopic (exact) mass is 162 g/mol. The molecule has 0 spiro atoms. The van der Waals surface area contributed by atoms with Crippen molar-refractivity contribution in [1.29, 1.82) is 0 Å². The van der Waals surface area contributed by atoms with Crippen LogP contribution in [0.4, 0.5) is 0 Å². The number of rotatable bonds is 3. The van der Waals surface area contributed by atoms with E-state index in [0.717, 1.165) is 5.56 Å². The van der Waals surface area contributed by atoms with Gasteiger partial charge in [0.25, 0.3) is 0 Å². The van der Waals surface area contributed by atoms with Gasteiger partial charge in [-0.3, -0.25) is 0 Å². The Morgan fingerprint density at radius 1 is 1.42 bits per heavy atom. The molecule has 1 rings (SSSR count). The third-order valence-corrected chi connectivity index (χ3v) is 1.53. The third kappa shape index (κ3) is 1.42. The van der Waals surface area contributed by atoms with Crippen LogP contribution in [0.25, 0.3) is 6.08 Å². The van der Waals surface area contributed by atoms with Gasteiger partial charge < -0.3 is 9.47 Å². The Morgan fingerprint density at radius 2 is 2.17 bits per heavy atom. The standard InChI is InChI=1S/C10H10O2/c1-4-8-6-5-7-9(11-2)10(8)12-3/h1,4-6H,2-3H3. The lowest BCUT2D eigenvalue weighted by Crippen LogP contribution is -1.92. The number of benzene rings is 1. The Kier molecular flexibility index (Phi) is 2.75. The first-order valence-corrected chi connectivity index (χ1v) is 3.51. The van der Waals surface area contributed by atoms with Crippen LogP contribution in [0.15, 0.2) is 12.1 Å². The van der Waals surface area contributed by atoms with Crippen LogP contribution in [-0.2, 0) is 0 Å². The van der Waals surface area contributed by atoms with Gasteiger partial charge in [-0.1, -0.05) is 18.7 Å². The van der Waals surface area contributed by atoms with E-state index >= 15 is 0 Å². The van der Waals surface area contributed by atoms with Crippen molar-refractivity contribution in [3.05, 3.63) is 30.3 Å². The van der Waals surface area contributed by atoms with E-state index < -0.39 is 0 Å². The van der Waals surface area contributed by atoms with Crippen molar-refractivity contribution in [2.45, 2.75) is 0 Å². The van der Waals surface area contributed by atoms with E-state index in [4.69, 9.17) is 16.1 Å². The summed E-state index contributed by atoms with van der Waals surface area (Å²) in [5.74, 6) is 1.18. The van der Waals surface area contributed by atoms with Gasteiger partial charge in [-0.25, -0.2) is 0 Å². The first-order valence-electron chi connectivity index (χ1n) is 3.51. The van der Waals surface area contributed by atoms with Gasteiger partial charge in [0.05, 0.1) is 14.2 Å². The number of methoxy groups -OCH3 is 2. The molecule has 12 heavy (non-hydrogen) atoms. The van der Waals surface area contributed by atoms with E-state index in [9.17, 15) is 0 Å². The van der Waals surface area contributed by atoms with Gasteiger partial charge in [0.2, 0.25) is 0 Å². The highest BCUT2D eigenvalue weighted by Crippen LogP contribution is 2.30. The molecule has 2 radical (unpaired) electrons. The second-order valence-corrected chi connectivity index (χ2v) is 2.17. The molecule has 2 heteroatoms. The van der Waals surface area contributed by atoms with E-state index in [0.29, 0.717) is 11.5 Å². The molecular formula is C10H10O2. The highest BCUT2D eigenvalue weighted by Gasteiger charge is 2.05. The van der Waals surface area contributed by atoms with Gasteiger partial charge in [0.15, 0.2) is 11.5 Å². The van der Waals surface area contributed by atoms with E-state index in [1.165, 1.54) is 6.08 Å². The van der Waals surface area contributed by atoms with Crippen LogP contribution in [-0.4, -0.2) is 14.2 Å². The normalized spacial score (nSPS) is 9.17. The van der Waals surface area contributed by atoms with Gasteiger partial charge in [-0.15, -0.1) is 0 Å². The van der Waals surface area contributed by atoms with E-state index in [1.807, 2.05) is 0 Å². The lowest BCUT2D eigenvalue weighted by Gasteiger charge is -2.08. The van der Waals surface area contributed by atoms with E-state index in [1.54, 1.807) is 26.4 Å². The number of hydrogen-bond acceptors (Lipinski definition) is 2. The highest BCUT2D eigenvalue weighted by atomic mass is 16.5. The molecule has 0 saturated carbocycles. The molecule has 0 heterocycles. The fraction of sp³-hybridized carbons (Fsp3) is 0.200. The van der Waals surface area contributed by atoms with E-state index in [-0.39, 0.29) is 0 Å². The van der Waals surface area contributed by atoms with Crippen LogP contribution < -0.4 is 9.47 Å². The first kappa shape index (κ1) is 8.65. The average molecular weight is 162 g/mol. The van der Waals surface area contributed by atoms with E-state index in [2.05, 4.69) is 6.07 Å². The summed E-state index contributed by atoms with van der Waals surface area (Å²) in [5.41, 5.74) is 0.799. The average Bonchev–Trinajstić information content (AvgIpc) is 2.16. The molecule has 1 aromatic carbocycles. The summed E-state index contributed by atoms with van der Waals surface area (Å²) in [5, 5.41) is 0. The maximum atomic E-state index is 5.38. The quantitative estimate of drug-likeness (QED) is 0.676. The van der Waals surface area contributed by atoms with Crippen LogP contribution in [0.3, 0.4) is 0 Å². The molecule has 0 aliphatic heterocycles. The molecule has 2 nitrogen and oxygen atoms in total. The van der Waals surface area contributed by atoms with Crippen molar-refractivity contribution in [2.75, 3.05) is 14.2 Å². The molecule has 0 saturated heterocycles. The minimum Gasteiger partial charge on any atom is -0.492 e. The van der Waals surface area contributed by atoms with Crippen LogP contribution in [0.1, 0.15) is 5.56 Å². The Labute approximate surface area is 72.4 Å². The molecule has 0 unspecified atom stereocenters. The Bertz CT molecular complexity index is 279. The molecule has 0 aliphatic carbocycles. The summed E-state index contributed by atoms with van der Waals surface area (Å²) >= 11 is 0. The predicted molar refractivity (Wildman–Crippen MR) is 47.1 cm³/mol. The van der Waals surface area contributed by atoms with Gasteiger partial charge >= 0.3 is 0 Å². The zero-order chi connectivity index (χ0) is 8.97. The molecule has 0 N–H and O–H groups in total. The Balaban J connectivity index is 3.21. The molecule has 0 fully saturated rings. The smallest absolute Gasteiger partial charge is 0.169 e. The molecule has 0 aliphatic rings. The molecule has 0 amide bonds. The number of hydrogen-bond donors (Lipinski definition) is 0. The van der Waals surface area contributed by atoms with Crippen LogP contribution >= 0.6 is 0 Å². The lowest BCUT2D eigenvalue weighted by molar-refractivity contribution is 0.353. The zero-order valence-corrected chi connectivity index (χ0v) is 7.13. The topological polar surface area (TPSA) is 18.5 Å². The minimum absolute atomic E-state index is 0.566. The predicted octanol–water partition coefficient (Wildman–Crippen LogP) is 1.95. The summed E-state index contributed by atoms with van der Waals surface area (Å²) in [6.45, 7) is 5.38. The molecule has 62 valence electrons. The summed E-state index contributed by atoms with van der Waals surface area (Å²) in [6, 6.07) is 6.43. The van der Waals surface area contributed by atoms with Crippen molar-refractivity contribution >= 4 is 6.08 Å². The van der Waals surface area contributed by atoms with Crippen molar-refractivity contribution in [3.8, 4) is 11.5 Å². The Morgan fingerprint density at radius 3 is 2.67 bits per heavy atom. The largest absolute Gasteiger partial charge is 0.492 e. The maximum Gasteiger partial charge on any atom is 0.169 e. The van der Waals surface area contributed by atoms with Crippen molar-refractivity contribution < 1.29 is 9.47 Å². The van der Waals surface area contributed by atoms with Gasteiger partial charge in [-0.2, -0.15) is 0 Å². The second-order valence-electron chi connectivity index (χ2n) is 2.17. The molecule has 0 bridgehead atoms. The highest BCUT2D eigenvalue weighted by molar-refractivity contribution is 5.59. The minimum atomic E-state index is 0.566. The fourth-order valence-electron chi connectivity index (χ4n) is 0.973. The third-order valence-electron chi connectivity index (χ3n) is 1.53. The van der Waals surface area contributed by atoms with Gasteiger partial charge in [0, 0.05) is 11.6 Å². The molecular weight excluding hydrogens is 152 g/mol. The van der Waals surface area contributed by atoms with Gasteiger partial charge in [0.1, 0.15) is 0 Å². The molecule has 1 aromatic rings. The molecule has 0 atom stereocenters. The summed E-state index contributed by atoms with van der Waals surface area (Å²) < 4.78 is 10.1. The van der Waals surface area contributed by atoms with Gasteiger partial charge in [-0.05, 0) is 6.07 Å². The second kappa shape index (κ2) is 3.81. The van der Waals surface area contributed by atoms with Crippen molar-refractivity contribution in [2.24, 2.45) is 0 Å². The van der Waals surface area contributed by atoms with Crippen molar-refractivity contribution in [3.63, 3.8) is 0 Å². The Hall–Kier alpha value is -1.44. The van der Waals surface area contributed by atoms with Crippen LogP contribution in [0.2, 0.25) is 0 Å². The summed E-state index contributed by atoms with van der Waals surface area (Å²) in [7, 11) is 3.13. The molecule has 0 aromatic heterocycles. The summed E-state index contributed by atoms with van der Waals surface area (Å²) in [4.78, 5) is 0. The maximum absolute atomic E-state index is 5.38. The van der Waals surface area contributed by atoms with Crippen LogP contribution in [0.5, 0.6) is 11.5 Å². The summed E-state index contributed by atoms with van der Waals surface area (Å²) in [6.07, 6.45) is 1.47. The first-order chi connectivity index (χ1) is 5.83. The van der Waals surface area contributed by atoms with Crippen molar-refractivity contribution in [1.82, 2.24) is 0 Å². The van der Waals surface area contributed by atoms with Crippen LogP contribution in [0, 0.1) is 12.6 Å². The zero-order valence-electron chi connectivity index (χ0n) is 7.13. The lowest BCUT2D eigenvalue weighted by atomic mass is 10.2. The fourth-order valence-corrected chi connectivity index (χ4v) is 0.973. The number of ether oxygens (including phenoxy) is 2.